The number of halogens is 2. The van der Waals surface area contributed by atoms with E-state index >= 15 is 0 Å². The van der Waals surface area contributed by atoms with E-state index in [1.165, 1.54) is 6.07 Å². The molecule has 2 N–H and O–H groups in total. The minimum absolute atomic E-state index is 0.0519. The Kier molecular flexibility index (Phi) is 4.39. The lowest BCUT2D eigenvalue weighted by Gasteiger charge is -2.09. The molecule has 2 aromatic rings. The second-order valence-corrected chi connectivity index (χ2v) is 5.16. The van der Waals surface area contributed by atoms with Crippen LogP contribution >= 0.6 is 27.5 Å². The summed E-state index contributed by atoms with van der Waals surface area (Å²) in [6.45, 7) is 0. The number of anilines is 1. The van der Waals surface area contributed by atoms with Crippen molar-refractivity contribution < 1.29 is 9.90 Å². The first kappa shape index (κ1) is 13.8. The van der Waals surface area contributed by atoms with Crippen molar-refractivity contribution in [3.63, 3.8) is 0 Å². The Labute approximate surface area is 123 Å². The SMILES string of the molecule is O=C(Cc1cccnc1)Nc1cc(Cl)cc(Br)c1O. The molecular weight excluding hydrogens is 332 g/mol. The maximum atomic E-state index is 11.8. The molecule has 4 nitrogen and oxygen atoms in total. The van der Waals surface area contributed by atoms with Crippen LogP contribution in [0.1, 0.15) is 5.56 Å². The lowest BCUT2D eigenvalue weighted by molar-refractivity contribution is -0.115. The van der Waals surface area contributed by atoms with Crippen LogP contribution in [0.3, 0.4) is 0 Å². The Morgan fingerprint density at radius 1 is 1.47 bits per heavy atom. The summed E-state index contributed by atoms with van der Waals surface area (Å²) in [5.41, 5.74) is 1.06. The highest BCUT2D eigenvalue weighted by Gasteiger charge is 2.11. The van der Waals surface area contributed by atoms with Crippen LogP contribution in [0.15, 0.2) is 41.1 Å². The van der Waals surface area contributed by atoms with Gasteiger partial charge >= 0.3 is 0 Å². The molecule has 0 bridgehead atoms. The molecule has 0 atom stereocenters. The average molecular weight is 342 g/mol. The Morgan fingerprint density at radius 3 is 2.95 bits per heavy atom. The molecule has 1 heterocycles. The summed E-state index contributed by atoms with van der Waals surface area (Å²) in [4.78, 5) is 15.8. The number of aromatic nitrogens is 1. The molecule has 0 saturated heterocycles. The van der Waals surface area contributed by atoms with Crippen LogP contribution < -0.4 is 5.32 Å². The predicted molar refractivity (Wildman–Crippen MR) is 77.4 cm³/mol. The average Bonchev–Trinajstić information content (AvgIpc) is 2.36. The summed E-state index contributed by atoms with van der Waals surface area (Å²) in [6.07, 6.45) is 3.44. The summed E-state index contributed by atoms with van der Waals surface area (Å²) < 4.78 is 0.427. The van der Waals surface area contributed by atoms with Crippen LogP contribution in [0.25, 0.3) is 0 Å². The van der Waals surface area contributed by atoms with Gasteiger partial charge in [-0.15, -0.1) is 0 Å². The minimum atomic E-state index is -0.252. The Balaban J connectivity index is 2.11. The third-order valence-electron chi connectivity index (χ3n) is 2.39. The van der Waals surface area contributed by atoms with E-state index in [1.54, 1.807) is 30.6 Å². The predicted octanol–water partition coefficient (Wildman–Crippen LogP) is 3.38. The van der Waals surface area contributed by atoms with Crippen molar-refractivity contribution in [1.29, 1.82) is 0 Å². The van der Waals surface area contributed by atoms with Crippen molar-refractivity contribution in [3.05, 3.63) is 51.7 Å². The summed E-state index contributed by atoms with van der Waals surface area (Å²) in [6, 6.07) is 6.60. The van der Waals surface area contributed by atoms with Crippen molar-refractivity contribution in [1.82, 2.24) is 4.98 Å². The lowest BCUT2D eigenvalue weighted by Crippen LogP contribution is -2.14. The van der Waals surface area contributed by atoms with Gasteiger partial charge in [0.25, 0.3) is 0 Å². The van der Waals surface area contributed by atoms with Crippen LogP contribution in [-0.4, -0.2) is 16.0 Å². The number of pyridine rings is 1. The molecular formula is C13H10BrClN2O2. The number of nitrogens with zero attached hydrogens (tertiary/aromatic N) is 1. The molecule has 0 aliphatic carbocycles. The van der Waals surface area contributed by atoms with Crippen molar-refractivity contribution in [2.75, 3.05) is 5.32 Å². The summed E-state index contributed by atoms with van der Waals surface area (Å²) in [7, 11) is 0. The monoisotopic (exact) mass is 340 g/mol. The van der Waals surface area contributed by atoms with E-state index in [2.05, 4.69) is 26.2 Å². The third kappa shape index (κ3) is 3.68. The van der Waals surface area contributed by atoms with Crippen molar-refractivity contribution in [2.45, 2.75) is 6.42 Å². The Bertz CT molecular complexity index is 605. The van der Waals surface area contributed by atoms with Gasteiger partial charge < -0.3 is 10.4 Å². The van der Waals surface area contributed by atoms with E-state index in [9.17, 15) is 9.90 Å². The fourth-order valence-electron chi connectivity index (χ4n) is 1.54. The third-order valence-corrected chi connectivity index (χ3v) is 3.21. The largest absolute Gasteiger partial charge is 0.505 e. The van der Waals surface area contributed by atoms with Gasteiger partial charge in [-0.25, -0.2) is 0 Å². The number of nitrogens with one attached hydrogen (secondary N) is 1. The zero-order chi connectivity index (χ0) is 13.8. The van der Waals surface area contributed by atoms with E-state index in [4.69, 9.17) is 11.6 Å². The number of carbonyl (C=O) groups is 1. The van der Waals surface area contributed by atoms with Crippen molar-refractivity contribution in [3.8, 4) is 5.75 Å². The number of aromatic hydroxyl groups is 1. The molecule has 1 amide bonds. The molecule has 0 saturated carbocycles. The molecule has 0 aliphatic heterocycles. The number of phenols is 1. The van der Waals surface area contributed by atoms with Gasteiger partial charge in [0.15, 0.2) is 5.75 Å². The number of hydrogen-bond donors (Lipinski definition) is 2. The molecule has 0 aliphatic rings. The molecule has 0 spiro atoms. The summed E-state index contributed by atoms with van der Waals surface area (Å²) in [5.74, 6) is -0.304. The fourth-order valence-corrected chi connectivity index (χ4v) is 2.35. The van der Waals surface area contributed by atoms with Gasteiger partial charge in [0.2, 0.25) is 5.91 Å². The number of phenolic OH excluding ortho intramolecular Hbond substituents is 1. The quantitative estimate of drug-likeness (QED) is 0.841. The van der Waals surface area contributed by atoms with Gasteiger partial charge in [-0.3, -0.25) is 9.78 Å². The highest BCUT2D eigenvalue weighted by Crippen LogP contribution is 2.35. The highest BCUT2D eigenvalue weighted by molar-refractivity contribution is 9.10. The van der Waals surface area contributed by atoms with Crippen LogP contribution in [0.2, 0.25) is 5.02 Å². The molecule has 0 fully saturated rings. The number of rotatable bonds is 3. The van der Waals surface area contributed by atoms with E-state index in [-0.39, 0.29) is 23.8 Å². The molecule has 2 rings (SSSR count). The topological polar surface area (TPSA) is 62.2 Å². The fraction of sp³-hybridized carbons (Fsp3) is 0.0769. The maximum absolute atomic E-state index is 11.8. The van der Waals surface area contributed by atoms with E-state index in [1.807, 2.05) is 0 Å². The van der Waals surface area contributed by atoms with Crippen LogP contribution in [0.4, 0.5) is 5.69 Å². The van der Waals surface area contributed by atoms with Crippen LogP contribution in [-0.2, 0) is 11.2 Å². The Morgan fingerprint density at radius 2 is 2.26 bits per heavy atom. The maximum Gasteiger partial charge on any atom is 0.228 e. The molecule has 6 heteroatoms. The number of carbonyl (C=O) groups excluding carboxylic acids is 1. The first-order valence-corrected chi connectivity index (χ1v) is 6.60. The second-order valence-electron chi connectivity index (χ2n) is 3.87. The normalized spacial score (nSPS) is 10.2. The summed E-state index contributed by atoms with van der Waals surface area (Å²) in [5, 5.41) is 12.8. The zero-order valence-electron chi connectivity index (χ0n) is 9.73. The standard InChI is InChI=1S/C13H10BrClN2O2/c14-10-5-9(15)6-11(13(10)19)17-12(18)4-8-2-1-3-16-7-8/h1-3,5-7,19H,4H2,(H,17,18). The number of amides is 1. The Hall–Kier alpha value is -1.59. The molecule has 19 heavy (non-hydrogen) atoms. The number of benzene rings is 1. The van der Waals surface area contributed by atoms with Gasteiger partial charge in [0.1, 0.15) is 0 Å². The van der Waals surface area contributed by atoms with Gasteiger partial charge in [-0.2, -0.15) is 0 Å². The molecule has 1 aromatic carbocycles. The first-order valence-electron chi connectivity index (χ1n) is 5.43. The van der Waals surface area contributed by atoms with Crippen molar-refractivity contribution in [2.24, 2.45) is 0 Å². The molecule has 1 aromatic heterocycles. The first-order chi connectivity index (χ1) is 9.06. The molecule has 98 valence electrons. The molecule has 0 unspecified atom stereocenters. The smallest absolute Gasteiger partial charge is 0.228 e. The van der Waals surface area contributed by atoms with Crippen molar-refractivity contribution >= 4 is 39.1 Å². The van der Waals surface area contributed by atoms with Gasteiger partial charge in [-0.1, -0.05) is 17.7 Å². The molecule has 0 radical (unpaired) electrons. The number of hydrogen-bond acceptors (Lipinski definition) is 3. The minimum Gasteiger partial charge on any atom is -0.505 e. The van der Waals surface area contributed by atoms with E-state index in [0.717, 1.165) is 5.56 Å². The highest BCUT2D eigenvalue weighted by atomic mass is 79.9. The second kappa shape index (κ2) is 6.04. The van der Waals surface area contributed by atoms with Gasteiger partial charge in [-0.05, 0) is 39.7 Å². The van der Waals surface area contributed by atoms with Gasteiger partial charge in [0, 0.05) is 17.4 Å². The van der Waals surface area contributed by atoms with Crippen LogP contribution in [0, 0.1) is 0 Å². The van der Waals surface area contributed by atoms with E-state index < -0.39 is 0 Å². The lowest BCUT2D eigenvalue weighted by atomic mass is 10.2. The van der Waals surface area contributed by atoms with E-state index in [0.29, 0.717) is 9.50 Å². The zero-order valence-corrected chi connectivity index (χ0v) is 12.1. The summed E-state index contributed by atoms with van der Waals surface area (Å²) >= 11 is 9.02. The van der Waals surface area contributed by atoms with Gasteiger partial charge in [0.05, 0.1) is 16.6 Å². The van der Waals surface area contributed by atoms with Crippen LogP contribution in [0.5, 0.6) is 5.75 Å².